The zero-order valence-electron chi connectivity index (χ0n) is 11.2. The van der Waals surface area contributed by atoms with Crippen LogP contribution in [0.25, 0.3) is 0 Å². The standard InChI is InChI=1S/C14H22N2O/c1-10-5-13(7-14(6-10)17-4)16-11(2)8-15-9-12(16)3/h5-7,11-12,15H,8-9H2,1-4H3. The maximum Gasteiger partial charge on any atom is 0.121 e. The van der Waals surface area contributed by atoms with Gasteiger partial charge in [-0.2, -0.15) is 0 Å². The third kappa shape index (κ3) is 2.55. The molecule has 3 heteroatoms. The molecule has 1 N–H and O–H groups in total. The van der Waals surface area contributed by atoms with Gasteiger partial charge >= 0.3 is 0 Å². The molecule has 1 aromatic rings. The molecule has 2 atom stereocenters. The second-order valence-corrected chi connectivity index (χ2v) is 4.97. The van der Waals surface area contributed by atoms with Crippen molar-refractivity contribution in [2.75, 3.05) is 25.1 Å². The SMILES string of the molecule is COc1cc(C)cc(N2C(C)CNCC2C)c1. The minimum atomic E-state index is 0.519. The van der Waals surface area contributed by atoms with Crippen LogP contribution in [0.3, 0.4) is 0 Å². The molecule has 0 radical (unpaired) electrons. The third-order valence-electron chi connectivity index (χ3n) is 3.40. The molecule has 0 amide bonds. The molecule has 0 saturated carbocycles. The lowest BCUT2D eigenvalue weighted by molar-refractivity contribution is 0.411. The number of methoxy groups -OCH3 is 1. The fourth-order valence-corrected chi connectivity index (χ4v) is 2.64. The van der Waals surface area contributed by atoms with Gasteiger partial charge in [0.15, 0.2) is 0 Å². The van der Waals surface area contributed by atoms with Crippen molar-refractivity contribution in [3.05, 3.63) is 23.8 Å². The van der Waals surface area contributed by atoms with Crippen LogP contribution >= 0.6 is 0 Å². The summed E-state index contributed by atoms with van der Waals surface area (Å²) in [5, 5.41) is 3.45. The summed E-state index contributed by atoms with van der Waals surface area (Å²) in [5.41, 5.74) is 2.51. The Balaban J connectivity index is 2.34. The molecule has 0 bridgehead atoms. The van der Waals surface area contributed by atoms with E-state index in [2.05, 4.69) is 49.2 Å². The normalized spacial score (nSPS) is 24.8. The number of benzene rings is 1. The molecule has 1 aromatic carbocycles. The van der Waals surface area contributed by atoms with E-state index in [1.165, 1.54) is 11.3 Å². The van der Waals surface area contributed by atoms with Crippen LogP contribution in [0.1, 0.15) is 19.4 Å². The van der Waals surface area contributed by atoms with E-state index in [-0.39, 0.29) is 0 Å². The number of anilines is 1. The highest BCUT2D eigenvalue weighted by Gasteiger charge is 2.24. The minimum absolute atomic E-state index is 0.519. The average molecular weight is 234 g/mol. The zero-order chi connectivity index (χ0) is 12.4. The molecule has 1 heterocycles. The van der Waals surface area contributed by atoms with Gasteiger partial charge in [-0.3, -0.25) is 0 Å². The molecule has 1 saturated heterocycles. The number of nitrogens with zero attached hydrogens (tertiary/aromatic N) is 1. The van der Waals surface area contributed by atoms with Gasteiger partial charge < -0.3 is 15.0 Å². The van der Waals surface area contributed by atoms with Crippen molar-refractivity contribution in [3.8, 4) is 5.75 Å². The molecular weight excluding hydrogens is 212 g/mol. The van der Waals surface area contributed by atoms with Crippen molar-refractivity contribution in [1.29, 1.82) is 0 Å². The number of hydrogen-bond donors (Lipinski definition) is 1. The topological polar surface area (TPSA) is 24.5 Å². The molecule has 1 aliphatic heterocycles. The summed E-state index contributed by atoms with van der Waals surface area (Å²) in [6.07, 6.45) is 0. The summed E-state index contributed by atoms with van der Waals surface area (Å²) in [5.74, 6) is 0.943. The Hall–Kier alpha value is -1.22. The van der Waals surface area contributed by atoms with Crippen molar-refractivity contribution in [2.24, 2.45) is 0 Å². The van der Waals surface area contributed by atoms with Gasteiger partial charge in [0.25, 0.3) is 0 Å². The largest absolute Gasteiger partial charge is 0.497 e. The molecule has 3 nitrogen and oxygen atoms in total. The fourth-order valence-electron chi connectivity index (χ4n) is 2.64. The average Bonchev–Trinajstić information content (AvgIpc) is 2.28. The summed E-state index contributed by atoms with van der Waals surface area (Å²) in [4.78, 5) is 2.48. The first kappa shape index (κ1) is 12.2. The highest BCUT2D eigenvalue weighted by atomic mass is 16.5. The van der Waals surface area contributed by atoms with Crippen LogP contribution in [0.4, 0.5) is 5.69 Å². The maximum absolute atomic E-state index is 5.35. The molecule has 1 fully saturated rings. The molecular formula is C14H22N2O. The molecule has 17 heavy (non-hydrogen) atoms. The van der Waals surface area contributed by atoms with Crippen LogP contribution in [0.15, 0.2) is 18.2 Å². The van der Waals surface area contributed by atoms with Crippen molar-refractivity contribution in [1.82, 2.24) is 5.32 Å². The lowest BCUT2D eigenvalue weighted by Gasteiger charge is -2.41. The van der Waals surface area contributed by atoms with E-state index in [1.807, 2.05) is 0 Å². The molecule has 0 spiro atoms. The second kappa shape index (κ2) is 4.96. The highest BCUT2D eigenvalue weighted by Crippen LogP contribution is 2.27. The zero-order valence-corrected chi connectivity index (χ0v) is 11.2. The first-order valence-corrected chi connectivity index (χ1v) is 6.26. The van der Waals surface area contributed by atoms with Gasteiger partial charge in [-0.1, -0.05) is 0 Å². The quantitative estimate of drug-likeness (QED) is 0.849. The summed E-state index contributed by atoms with van der Waals surface area (Å²) in [6, 6.07) is 7.48. The van der Waals surface area contributed by atoms with Gasteiger partial charge in [0.05, 0.1) is 7.11 Å². The van der Waals surface area contributed by atoms with E-state index < -0.39 is 0 Å². The van der Waals surface area contributed by atoms with Crippen LogP contribution in [-0.2, 0) is 0 Å². The third-order valence-corrected chi connectivity index (χ3v) is 3.40. The van der Waals surface area contributed by atoms with E-state index in [1.54, 1.807) is 7.11 Å². The van der Waals surface area contributed by atoms with Crippen LogP contribution in [0, 0.1) is 6.92 Å². The lowest BCUT2D eigenvalue weighted by atomic mass is 10.1. The van der Waals surface area contributed by atoms with E-state index in [9.17, 15) is 0 Å². The smallest absolute Gasteiger partial charge is 0.121 e. The van der Waals surface area contributed by atoms with Gasteiger partial charge in [-0.05, 0) is 38.5 Å². The lowest BCUT2D eigenvalue weighted by Crippen LogP contribution is -2.55. The first-order chi connectivity index (χ1) is 8.11. The Morgan fingerprint density at radius 1 is 1.18 bits per heavy atom. The Labute approximate surface area is 104 Å². The Morgan fingerprint density at radius 2 is 1.82 bits per heavy atom. The number of aryl methyl sites for hydroxylation is 1. The van der Waals surface area contributed by atoms with Crippen LogP contribution < -0.4 is 15.0 Å². The molecule has 2 unspecified atom stereocenters. The van der Waals surface area contributed by atoms with E-state index >= 15 is 0 Å². The van der Waals surface area contributed by atoms with Gasteiger partial charge in [0.1, 0.15) is 5.75 Å². The summed E-state index contributed by atoms with van der Waals surface area (Å²) >= 11 is 0. The van der Waals surface area contributed by atoms with E-state index in [4.69, 9.17) is 4.74 Å². The summed E-state index contributed by atoms with van der Waals surface area (Å²) in [6.45, 7) is 8.72. The molecule has 0 aliphatic carbocycles. The minimum Gasteiger partial charge on any atom is -0.497 e. The van der Waals surface area contributed by atoms with Crippen molar-refractivity contribution >= 4 is 5.69 Å². The van der Waals surface area contributed by atoms with Gasteiger partial charge in [-0.25, -0.2) is 0 Å². The van der Waals surface area contributed by atoms with Gasteiger partial charge in [0.2, 0.25) is 0 Å². The van der Waals surface area contributed by atoms with E-state index in [0.29, 0.717) is 12.1 Å². The van der Waals surface area contributed by atoms with Crippen LogP contribution in [0.2, 0.25) is 0 Å². The molecule has 0 aromatic heterocycles. The van der Waals surface area contributed by atoms with E-state index in [0.717, 1.165) is 18.8 Å². The van der Waals surface area contributed by atoms with Crippen molar-refractivity contribution in [3.63, 3.8) is 0 Å². The van der Waals surface area contributed by atoms with Gasteiger partial charge in [-0.15, -0.1) is 0 Å². The summed E-state index contributed by atoms with van der Waals surface area (Å²) < 4.78 is 5.35. The molecule has 1 aliphatic rings. The Morgan fingerprint density at radius 3 is 2.41 bits per heavy atom. The number of piperazine rings is 1. The van der Waals surface area contributed by atoms with Gasteiger partial charge in [0, 0.05) is 36.9 Å². The predicted molar refractivity (Wildman–Crippen MR) is 72.0 cm³/mol. The fraction of sp³-hybridized carbons (Fsp3) is 0.571. The summed E-state index contributed by atoms with van der Waals surface area (Å²) in [7, 11) is 1.73. The predicted octanol–water partition coefficient (Wildman–Crippen LogP) is 2.19. The molecule has 94 valence electrons. The second-order valence-electron chi connectivity index (χ2n) is 4.97. The highest BCUT2D eigenvalue weighted by molar-refractivity contribution is 5.55. The number of nitrogens with one attached hydrogen (secondary N) is 1. The number of rotatable bonds is 2. The van der Waals surface area contributed by atoms with Crippen LogP contribution in [0.5, 0.6) is 5.75 Å². The van der Waals surface area contributed by atoms with Crippen molar-refractivity contribution in [2.45, 2.75) is 32.9 Å². The first-order valence-electron chi connectivity index (χ1n) is 6.26. The Bertz CT molecular complexity index is 382. The monoisotopic (exact) mass is 234 g/mol. The van der Waals surface area contributed by atoms with Crippen molar-refractivity contribution < 1.29 is 4.74 Å². The van der Waals surface area contributed by atoms with Crippen LogP contribution in [-0.4, -0.2) is 32.3 Å². The number of ether oxygens (including phenoxy) is 1. The number of hydrogen-bond acceptors (Lipinski definition) is 3. The Kier molecular flexibility index (Phi) is 3.57. The maximum atomic E-state index is 5.35. The molecule has 2 rings (SSSR count).